The van der Waals surface area contributed by atoms with E-state index in [0.29, 0.717) is 13.0 Å². The van der Waals surface area contributed by atoms with Gasteiger partial charge in [-0.15, -0.1) is 0 Å². The lowest BCUT2D eigenvalue weighted by atomic mass is 10.1. The number of nitrogens with two attached hydrogens (primary N) is 1. The third-order valence-corrected chi connectivity index (χ3v) is 2.66. The molecule has 0 aliphatic carbocycles. The van der Waals surface area contributed by atoms with Crippen molar-refractivity contribution in [3.63, 3.8) is 0 Å². The van der Waals surface area contributed by atoms with Gasteiger partial charge in [0, 0.05) is 19.1 Å². The van der Waals surface area contributed by atoms with E-state index in [-0.39, 0.29) is 23.8 Å². The number of hydrogen-bond acceptors (Lipinski definition) is 4. The third-order valence-electron chi connectivity index (χ3n) is 2.66. The van der Waals surface area contributed by atoms with E-state index in [9.17, 15) is 4.79 Å². The van der Waals surface area contributed by atoms with Crippen molar-refractivity contribution in [3.05, 3.63) is 0 Å². The molecular formula is C10H19N3O3. The molecule has 0 aromatic carbocycles. The quantitative estimate of drug-likeness (QED) is 0.269. The number of carbonyl (C=O) groups is 1. The minimum atomic E-state index is -0.168. The van der Waals surface area contributed by atoms with Crippen LogP contribution >= 0.6 is 0 Å². The SMILES string of the molecule is CC(CNC(=O)CC1CCCO1)C(N)=NO. The van der Waals surface area contributed by atoms with Crippen LogP contribution in [-0.2, 0) is 9.53 Å². The zero-order valence-electron chi connectivity index (χ0n) is 9.48. The van der Waals surface area contributed by atoms with E-state index < -0.39 is 0 Å². The molecule has 0 aromatic rings. The Bertz CT molecular complexity index is 262. The molecule has 2 unspecified atom stereocenters. The molecule has 6 heteroatoms. The Balaban J connectivity index is 2.19. The van der Waals surface area contributed by atoms with Crippen LogP contribution < -0.4 is 11.1 Å². The maximum absolute atomic E-state index is 11.5. The highest BCUT2D eigenvalue weighted by Gasteiger charge is 2.19. The first-order valence-corrected chi connectivity index (χ1v) is 5.49. The van der Waals surface area contributed by atoms with Crippen molar-refractivity contribution in [2.45, 2.75) is 32.3 Å². The Morgan fingerprint density at radius 2 is 2.50 bits per heavy atom. The molecular weight excluding hydrogens is 210 g/mol. The van der Waals surface area contributed by atoms with Crippen LogP contribution in [0.5, 0.6) is 0 Å². The van der Waals surface area contributed by atoms with Gasteiger partial charge in [-0.05, 0) is 12.8 Å². The van der Waals surface area contributed by atoms with Gasteiger partial charge in [0.15, 0.2) is 0 Å². The van der Waals surface area contributed by atoms with Gasteiger partial charge in [0.2, 0.25) is 5.91 Å². The van der Waals surface area contributed by atoms with Crippen LogP contribution in [0, 0.1) is 5.92 Å². The summed E-state index contributed by atoms with van der Waals surface area (Å²) in [6.07, 6.45) is 2.42. The van der Waals surface area contributed by atoms with Crippen molar-refractivity contribution in [2.24, 2.45) is 16.8 Å². The topological polar surface area (TPSA) is 96.9 Å². The largest absolute Gasteiger partial charge is 0.409 e. The van der Waals surface area contributed by atoms with Crippen molar-refractivity contribution in [2.75, 3.05) is 13.2 Å². The highest BCUT2D eigenvalue weighted by molar-refractivity contribution is 5.83. The van der Waals surface area contributed by atoms with Gasteiger partial charge in [-0.1, -0.05) is 12.1 Å². The standard InChI is InChI=1S/C10H19N3O3/c1-7(10(11)13-15)6-12-9(14)5-8-3-2-4-16-8/h7-8,15H,2-6H2,1H3,(H2,11,13)(H,12,14). The van der Waals surface area contributed by atoms with E-state index in [4.69, 9.17) is 15.7 Å². The summed E-state index contributed by atoms with van der Waals surface area (Å²) in [5.41, 5.74) is 5.39. The minimum absolute atomic E-state index is 0.0514. The maximum Gasteiger partial charge on any atom is 0.222 e. The number of ether oxygens (including phenoxy) is 1. The smallest absolute Gasteiger partial charge is 0.222 e. The fourth-order valence-corrected chi connectivity index (χ4v) is 1.55. The Morgan fingerprint density at radius 3 is 3.06 bits per heavy atom. The average Bonchev–Trinajstić information content (AvgIpc) is 2.77. The van der Waals surface area contributed by atoms with Crippen LogP contribution in [0.15, 0.2) is 5.16 Å². The number of carbonyl (C=O) groups excluding carboxylic acids is 1. The van der Waals surface area contributed by atoms with Crippen molar-refractivity contribution < 1.29 is 14.7 Å². The maximum atomic E-state index is 11.5. The molecule has 16 heavy (non-hydrogen) atoms. The second kappa shape index (κ2) is 6.32. The molecule has 0 saturated carbocycles. The molecule has 1 fully saturated rings. The van der Waals surface area contributed by atoms with Crippen molar-refractivity contribution in [3.8, 4) is 0 Å². The molecule has 0 bridgehead atoms. The normalized spacial score (nSPS) is 23.1. The van der Waals surface area contributed by atoms with Crippen LogP contribution in [0.1, 0.15) is 26.2 Å². The van der Waals surface area contributed by atoms with Gasteiger partial charge >= 0.3 is 0 Å². The van der Waals surface area contributed by atoms with E-state index in [0.717, 1.165) is 19.4 Å². The first-order chi connectivity index (χ1) is 7.63. The summed E-state index contributed by atoms with van der Waals surface area (Å²) in [6.45, 7) is 2.90. The summed E-state index contributed by atoms with van der Waals surface area (Å²) in [6, 6.07) is 0. The van der Waals surface area contributed by atoms with Crippen LogP contribution in [0.2, 0.25) is 0 Å². The van der Waals surface area contributed by atoms with E-state index in [1.54, 1.807) is 6.92 Å². The summed E-state index contributed by atoms with van der Waals surface area (Å²) in [5, 5.41) is 14.1. The van der Waals surface area contributed by atoms with Gasteiger partial charge in [0.25, 0.3) is 0 Å². The number of nitrogens with one attached hydrogen (secondary N) is 1. The van der Waals surface area contributed by atoms with Gasteiger partial charge in [-0.3, -0.25) is 4.79 Å². The predicted molar refractivity (Wildman–Crippen MR) is 59.2 cm³/mol. The lowest BCUT2D eigenvalue weighted by Gasteiger charge is -2.13. The van der Waals surface area contributed by atoms with Crippen molar-refractivity contribution in [1.82, 2.24) is 5.32 Å². The lowest BCUT2D eigenvalue weighted by molar-refractivity contribution is -0.123. The Labute approximate surface area is 94.8 Å². The number of amidine groups is 1. The molecule has 1 aliphatic heterocycles. The van der Waals surface area contributed by atoms with E-state index in [2.05, 4.69) is 10.5 Å². The van der Waals surface area contributed by atoms with Gasteiger partial charge < -0.3 is 21.0 Å². The number of nitrogens with zero attached hydrogens (tertiary/aromatic N) is 1. The van der Waals surface area contributed by atoms with Crippen LogP contribution in [-0.4, -0.2) is 36.2 Å². The molecule has 0 aromatic heterocycles. The van der Waals surface area contributed by atoms with Crippen LogP contribution in [0.25, 0.3) is 0 Å². The van der Waals surface area contributed by atoms with Crippen LogP contribution in [0.4, 0.5) is 0 Å². The fourth-order valence-electron chi connectivity index (χ4n) is 1.55. The zero-order chi connectivity index (χ0) is 12.0. The van der Waals surface area contributed by atoms with E-state index in [1.165, 1.54) is 0 Å². The molecule has 1 amide bonds. The summed E-state index contributed by atoms with van der Waals surface area (Å²) < 4.78 is 5.35. The molecule has 0 radical (unpaired) electrons. The average molecular weight is 229 g/mol. The number of rotatable bonds is 5. The van der Waals surface area contributed by atoms with Gasteiger partial charge in [0.05, 0.1) is 12.5 Å². The van der Waals surface area contributed by atoms with E-state index >= 15 is 0 Å². The third kappa shape index (κ3) is 4.06. The van der Waals surface area contributed by atoms with Gasteiger partial charge in [-0.25, -0.2) is 0 Å². The molecule has 6 nitrogen and oxygen atoms in total. The highest BCUT2D eigenvalue weighted by atomic mass is 16.5. The van der Waals surface area contributed by atoms with Gasteiger partial charge in [0.1, 0.15) is 5.84 Å². The van der Waals surface area contributed by atoms with Crippen molar-refractivity contribution in [1.29, 1.82) is 0 Å². The predicted octanol–water partition coefficient (Wildman–Crippen LogP) is 0.0542. The number of hydrogen-bond donors (Lipinski definition) is 3. The minimum Gasteiger partial charge on any atom is -0.409 e. The molecule has 4 N–H and O–H groups in total. The molecule has 1 aliphatic rings. The second-order valence-electron chi connectivity index (χ2n) is 4.07. The van der Waals surface area contributed by atoms with Crippen LogP contribution in [0.3, 0.4) is 0 Å². The molecule has 2 atom stereocenters. The molecule has 1 rings (SSSR count). The molecule has 1 saturated heterocycles. The molecule has 1 heterocycles. The monoisotopic (exact) mass is 229 g/mol. The summed E-state index contributed by atoms with van der Waals surface area (Å²) in [4.78, 5) is 11.5. The summed E-state index contributed by atoms with van der Waals surface area (Å²) in [5.74, 6) is -0.0969. The van der Waals surface area contributed by atoms with Crippen molar-refractivity contribution >= 4 is 11.7 Å². The summed E-state index contributed by atoms with van der Waals surface area (Å²) in [7, 11) is 0. The van der Waals surface area contributed by atoms with E-state index in [1.807, 2.05) is 0 Å². The molecule has 0 spiro atoms. The Hall–Kier alpha value is -1.30. The molecule has 92 valence electrons. The number of amides is 1. The Morgan fingerprint density at radius 1 is 1.75 bits per heavy atom. The fraction of sp³-hybridized carbons (Fsp3) is 0.800. The second-order valence-corrected chi connectivity index (χ2v) is 4.07. The highest BCUT2D eigenvalue weighted by Crippen LogP contribution is 2.14. The zero-order valence-corrected chi connectivity index (χ0v) is 9.48. The van der Waals surface area contributed by atoms with Gasteiger partial charge in [-0.2, -0.15) is 0 Å². The summed E-state index contributed by atoms with van der Waals surface area (Å²) >= 11 is 0. The first-order valence-electron chi connectivity index (χ1n) is 5.49. The first kappa shape index (κ1) is 12.8. The Kier molecular flexibility index (Phi) is 5.04. The lowest BCUT2D eigenvalue weighted by Crippen LogP contribution is -2.35. The number of oxime groups is 1.